The van der Waals surface area contributed by atoms with Crippen molar-refractivity contribution in [3.8, 4) is 0 Å². The molecule has 1 saturated carbocycles. The van der Waals surface area contributed by atoms with Crippen LogP contribution in [0.1, 0.15) is 58.3 Å². The largest absolute Gasteiger partial charge is 0.374 e. The molecule has 174 valence electrons. The number of anilines is 1. The number of benzene rings is 1. The molecule has 0 unspecified atom stereocenters. The quantitative estimate of drug-likeness (QED) is 0.485. The first-order chi connectivity index (χ1) is 15.1. The standard InChI is InChI=1S/C25H38F2N2O2/c1-2-31-19-22(30)6-3-5-20-9-11-21(12-10-20)13-14-28-15-17-29(18-16-28)24-8-4-7-23(26)25(24)27/h4,7-8,20-21H,2-3,5-6,9-19H2,1H3. The SMILES string of the molecule is CCOCC(=O)CCCC1CCC(CCN2CCN(c3cccc(F)c3F)CC2)CC1. The van der Waals surface area contributed by atoms with Crippen LogP contribution in [0.3, 0.4) is 0 Å². The maximum Gasteiger partial charge on any atom is 0.182 e. The van der Waals surface area contributed by atoms with E-state index in [1.807, 2.05) is 11.8 Å². The van der Waals surface area contributed by atoms with E-state index in [1.54, 1.807) is 12.1 Å². The lowest BCUT2D eigenvalue weighted by Gasteiger charge is -2.37. The molecule has 6 heteroatoms. The Bertz CT molecular complexity index is 684. The van der Waals surface area contributed by atoms with Crippen LogP contribution in [0.2, 0.25) is 0 Å². The lowest BCUT2D eigenvalue weighted by molar-refractivity contribution is -0.123. The second-order valence-electron chi connectivity index (χ2n) is 9.15. The summed E-state index contributed by atoms with van der Waals surface area (Å²) in [5.74, 6) is 0.310. The molecule has 1 aromatic rings. The van der Waals surface area contributed by atoms with Gasteiger partial charge in [0, 0.05) is 39.2 Å². The summed E-state index contributed by atoms with van der Waals surface area (Å²) in [6.45, 7) is 7.19. The zero-order valence-electron chi connectivity index (χ0n) is 19.0. The number of ether oxygens (including phenoxy) is 1. The molecule has 31 heavy (non-hydrogen) atoms. The lowest BCUT2D eigenvalue weighted by atomic mass is 9.78. The van der Waals surface area contributed by atoms with Gasteiger partial charge in [-0.05, 0) is 50.3 Å². The fraction of sp³-hybridized carbons (Fsp3) is 0.720. The number of piperazine rings is 1. The van der Waals surface area contributed by atoms with Crippen LogP contribution in [-0.2, 0) is 9.53 Å². The zero-order chi connectivity index (χ0) is 22.1. The van der Waals surface area contributed by atoms with Crippen LogP contribution in [0.5, 0.6) is 0 Å². The van der Waals surface area contributed by atoms with Gasteiger partial charge in [0.2, 0.25) is 0 Å². The summed E-state index contributed by atoms with van der Waals surface area (Å²) in [4.78, 5) is 16.1. The van der Waals surface area contributed by atoms with Crippen molar-refractivity contribution in [2.45, 2.75) is 58.3 Å². The maximum atomic E-state index is 14.0. The van der Waals surface area contributed by atoms with Gasteiger partial charge in [-0.15, -0.1) is 0 Å². The summed E-state index contributed by atoms with van der Waals surface area (Å²) >= 11 is 0. The molecule has 2 fully saturated rings. The molecule has 0 aromatic heterocycles. The summed E-state index contributed by atoms with van der Waals surface area (Å²) in [7, 11) is 0. The molecule has 4 nitrogen and oxygen atoms in total. The number of rotatable bonds is 11. The number of hydrogen-bond donors (Lipinski definition) is 0. The first-order valence-corrected chi connectivity index (χ1v) is 12.1. The fourth-order valence-electron chi connectivity index (χ4n) is 5.00. The Labute approximate surface area is 185 Å². The number of halogens is 2. The van der Waals surface area contributed by atoms with Crippen molar-refractivity contribution in [2.24, 2.45) is 11.8 Å². The summed E-state index contributed by atoms with van der Waals surface area (Å²) in [6, 6.07) is 4.42. The minimum absolute atomic E-state index is 0.232. The predicted octanol–water partition coefficient (Wildman–Crippen LogP) is 5.06. The summed E-state index contributed by atoms with van der Waals surface area (Å²) in [5.41, 5.74) is 0.387. The second-order valence-corrected chi connectivity index (χ2v) is 9.15. The predicted molar refractivity (Wildman–Crippen MR) is 120 cm³/mol. The molecule has 1 aromatic carbocycles. The van der Waals surface area contributed by atoms with Crippen molar-refractivity contribution in [3.05, 3.63) is 29.8 Å². The van der Waals surface area contributed by atoms with E-state index in [9.17, 15) is 13.6 Å². The van der Waals surface area contributed by atoms with Gasteiger partial charge in [-0.25, -0.2) is 8.78 Å². The third kappa shape index (κ3) is 7.53. The number of Topliss-reactive ketones (excluding diaryl/α,β-unsaturated/α-hetero) is 1. The first-order valence-electron chi connectivity index (χ1n) is 12.1. The molecule has 0 spiro atoms. The van der Waals surface area contributed by atoms with E-state index in [2.05, 4.69) is 4.90 Å². The van der Waals surface area contributed by atoms with E-state index in [0.29, 0.717) is 18.7 Å². The summed E-state index contributed by atoms with van der Waals surface area (Å²) in [5, 5.41) is 0. The normalized spacial score (nSPS) is 22.6. The van der Waals surface area contributed by atoms with Crippen LogP contribution in [0.25, 0.3) is 0 Å². The molecule has 0 N–H and O–H groups in total. The highest BCUT2D eigenvalue weighted by Gasteiger charge is 2.24. The van der Waals surface area contributed by atoms with Crippen molar-refractivity contribution in [1.82, 2.24) is 4.90 Å². The molecule has 1 aliphatic carbocycles. The fourth-order valence-corrected chi connectivity index (χ4v) is 5.00. The van der Waals surface area contributed by atoms with E-state index in [4.69, 9.17) is 4.74 Å². The minimum Gasteiger partial charge on any atom is -0.374 e. The van der Waals surface area contributed by atoms with Gasteiger partial charge in [-0.3, -0.25) is 9.69 Å². The van der Waals surface area contributed by atoms with Crippen LogP contribution >= 0.6 is 0 Å². The van der Waals surface area contributed by atoms with Gasteiger partial charge in [-0.1, -0.05) is 38.2 Å². The van der Waals surface area contributed by atoms with Crippen LogP contribution < -0.4 is 4.90 Å². The van der Waals surface area contributed by atoms with E-state index in [-0.39, 0.29) is 12.4 Å². The molecule has 3 rings (SSSR count). The Balaban J connectivity index is 1.28. The molecule has 0 radical (unpaired) electrons. The third-order valence-corrected chi connectivity index (χ3v) is 7.00. The van der Waals surface area contributed by atoms with Gasteiger partial charge in [0.1, 0.15) is 6.61 Å². The van der Waals surface area contributed by atoms with Crippen molar-refractivity contribution < 1.29 is 18.3 Å². The number of ketones is 1. The number of hydrogen-bond acceptors (Lipinski definition) is 4. The summed E-state index contributed by atoms with van der Waals surface area (Å²) in [6.07, 6.45) is 9.23. The number of carbonyl (C=O) groups is 1. The van der Waals surface area contributed by atoms with Crippen LogP contribution in [0.4, 0.5) is 14.5 Å². The van der Waals surface area contributed by atoms with Crippen molar-refractivity contribution in [3.63, 3.8) is 0 Å². The van der Waals surface area contributed by atoms with Crippen LogP contribution in [0.15, 0.2) is 18.2 Å². The highest BCUT2D eigenvalue weighted by atomic mass is 19.2. The monoisotopic (exact) mass is 436 g/mol. The Kier molecular flexibility index (Phi) is 9.72. The lowest BCUT2D eigenvalue weighted by Crippen LogP contribution is -2.47. The van der Waals surface area contributed by atoms with Crippen molar-refractivity contribution in [1.29, 1.82) is 0 Å². The van der Waals surface area contributed by atoms with E-state index < -0.39 is 11.6 Å². The molecule has 0 atom stereocenters. The maximum absolute atomic E-state index is 14.0. The zero-order valence-corrected chi connectivity index (χ0v) is 19.0. The van der Waals surface area contributed by atoms with Gasteiger partial charge in [-0.2, -0.15) is 0 Å². The molecular weight excluding hydrogens is 398 g/mol. The van der Waals surface area contributed by atoms with E-state index in [1.165, 1.54) is 44.6 Å². The van der Waals surface area contributed by atoms with Gasteiger partial charge in [0.25, 0.3) is 0 Å². The minimum atomic E-state index is -0.771. The highest BCUT2D eigenvalue weighted by molar-refractivity contribution is 5.79. The van der Waals surface area contributed by atoms with Gasteiger partial charge in [0.05, 0.1) is 5.69 Å². The first kappa shape index (κ1) is 24.1. The average Bonchev–Trinajstić information content (AvgIpc) is 2.79. The molecule has 2 aliphatic rings. The van der Waals surface area contributed by atoms with Crippen molar-refractivity contribution >= 4 is 11.5 Å². The molecule has 1 heterocycles. The van der Waals surface area contributed by atoms with E-state index in [0.717, 1.165) is 51.0 Å². The Morgan fingerprint density at radius 2 is 1.71 bits per heavy atom. The molecule has 0 bridgehead atoms. The van der Waals surface area contributed by atoms with Gasteiger partial charge in [0.15, 0.2) is 17.4 Å². The molecule has 1 aliphatic heterocycles. The number of carbonyl (C=O) groups excluding carboxylic acids is 1. The molecule has 1 saturated heterocycles. The Hall–Kier alpha value is -1.53. The number of nitrogens with zero attached hydrogens (tertiary/aromatic N) is 2. The Morgan fingerprint density at radius 3 is 2.39 bits per heavy atom. The van der Waals surface area contributed by atoms with Gasteiger partial charge < -0.3 is 9.64 Å². The van der Waals surface area contributed by atoms with Crippen LogP contribution in [-0.4, -0.2) is 56.6 Å². The average molecular weight is 437 g/mol. The summed E-state index contributed by atoms with van der Waals surface area (Å²) < 4.78 is 32.7. The van der Waals surface area contributed by atoms with Crippen molar-refractivity contribution in [2.75, 3.05) is 50.8 Å². The van der Waals surface area contributed by atoms with Gasteiger partial charge >= 0.3 is 0 Å². The topological polar surface area (TPSA) is 32.8 Å². The molecular formula is C25H38F2N2O2. The molecule has 0 amide bonds. The second kappa shape index (κ2) is 12.5. The third-order valence-electron chi connectivity index (χ3n) is 7.00. The van der Waals surface area contributed by atoms with Crippen LogP contribution in [0, 0.1) is 23.5 Å². The smallest absolute Gasteiger partial charge is 0.182 e. The highest BCUT2D eigenvalue weighted by Crippen LogP contribution is 2.33. The van der Waals surface area contributed by atoms with E-state index >= 15 is 0 Å². The Morgan fingerprint density at radius 1 is 1.03 bits per heavy atom.